The highest BCUT2D eigenvalue weighted by Crippen LogP contribution is 2.24. The molecule has 2 aromatic rings. The van der Waals surface area contributed by atoms with E-state index in [1.807, 2.05) is 6.92 Å². The van der Waals surface area contributed by atoms with E-state index in [2.05, 4.69) is 10.3 Å². The number of pyridine rings is 1. The van der Waals surface area contributed by atoms with Crippen molar-refractivity contribution < 1.29 is 19.0 Å². The predicted molar refractivity (Wildman–Crippen MR) is 89.1 cm³/mol. The normalized spacial score (nSPS) is 12.1. The van der Waals surface area contributed by atoms with E-state index in [1.165, 1.54) is 30.5 Å². The molecule has 0 spiro atoms. The summed E-state index contributed by atoms with van der Waals surface area (Å²) in [5.41, 5.74) is 0.526. The maximum absolute atomic E-state index is 14.1. The highest BCUT2D eigenvalue weighted by molar-refractivity contribution is 5.91. The summed E-state index contributed by atoms with van der Waals surface area (Å²) >= 11 is 0. The first-order valence-corrected chi connectivity index (χ1v) is 7.59. The van der Waals surface area contributed by atoms with Crippen molar-refractivity contribution in [2.24, 2.45) is 0 Å². The minimum atomic E-state index is -0.539. The van der Waals surface area contributed by atoms with Gasteiger partial charge in [-0.25, -0.2) is 4.39 Å². The molecule has 0 saturated heterocycles. The number of aliphatic hydroxyl groups is 1. The molecule has 1 aromatic heterocycles. The van der Waals surface area contributed by atoms with Crippen molar-refractivity contribution in [3.63, 3.8) is 0 Å². The molecule has 0 bridgehead atoms. The summed E-state index contributed by atoms with van der Waals surface area (Å²) in [6, 6.07) is 7.49. The lowest BCUT2D eigenvalue weighted by Gasteiger charge is -2.11. The second kappa shape index (κ2) is 8.79. The average molecular weight is 330 g/mol. The Labute approximate surface area is 139 Å². The highest BCUT2D eigenvalue weighted by Gasteiger charge is 2.07. The van der Waals surface area contributed by atoms with Gasteiger partial charge in [-0.15, -0.1) is 0 Å². The minimum Gasteiger partial charge on any atom is -0.453 e. The Morgan fingerprint density at radius 2 is 2.29 bits per heavy atom. The van der Waals surface area contributed by atoms with Gasteiger partial charge in [-0.05, 0) is 42.3 Å². The van der Waals surface area contributed by atoms with Gasteiger partial charge in [-0.1, -0.05) is 13.0 Å². The van der Waals surface area contributed by atoms with Crippen molar-refractivity contribution in [3.8, 4) is 11.5 Å². The Morgan fingerprint density at radius 1 is 1.46 bits per heavy atom. The lowest BCUT2D eigenvalue weighted by Crippen LogP contribution is -2.35. The van der Waals surface area contributed by atoms with Gasteiger partial charge in [0.1, 0.15) is 5.75 Å². The number of rotatable bonds is 7. The van der Waals surface area contributed by atoms with Crippen LogP contribution < -0.4 is 10.1 Å². The fraction of sp³-hybridized carbons (Fsp3) is 0.222. The number of hydrogen-bond donors (Lipinski definition) is 2. The first-order valence-electron chi connectivity index (χ1n) is 7.59. The van der Waals surface area contributed by atoms with E-state index in [4.69, 9.17) is 9.84 Å². The van der Waals surface area contributed by atoms with Gasteiger partial charge in [-0.2, -0.15) is 0 Å². The molecule has 1 atom stereocenters. The van der Waals surface area contributed by atoms with Crippen molar-refractivity contribution >= 4 is 12.0 Å². The van der Waals surface area contributed by atoms with Crippen molar-refractivity contribution in [3.05, 3.63) is 60.2 Å². The van der Waals surface area contributed by atoms with Crippen LogP contribution in [-0.4, -0.2) is 28.6 Å². The number of carbonyl (C=O) groups is 1. The van der Waals surface area contributed by atoms with Gasteiger partial charge in [0.15, 0.2) is 11.6 Å². The molecule has 0 aliphatic carbocycles. The van der Waals surface area contributed by atoms with Gasteiger partial charge in [0.05, 0.1) is 18.8 Å². The number of aliphatic hydroxyl groups excluding tert-OH is 1. The number of hydrogen-bond acceptors (Lipinski definition) is 4. The Bertz CT molecular complexity index is 701. The Morgan fingerprint density at radius 3 is 2.92 bits per heavy atom. The van der Waals surface area contributed by atoms with Crippen molar-refractivity contribution in [1.82, 2.24) is 10.3 Å². The van der Waals surface area contributed by atoms with Crippen molar-refractivity contribution in [2.45, 2.75) is 19.4 Å². The fourth-order valence-electron chi connectivity index (χ4n) is 1.94. The van der Waals surface area contributed by atoms with Crippen LogP contribution in [0.1, 0.15) is 18.9 Å². The van der Waals surface area contributed by atoms with E-state index in [9.17, 15) is 9.18 Å². The lowest BCUT2D eigenvalue weighted by molar-refractivity contribution is -0.117. The molecule has 24 heavy (non-hydrogen) atoms. The van der Waals surface area contributed by atoms with Crippen molar-refractivity contribution in [1.29, 1.82) is 0 Å². The van der Waals surface area contributed by atoms with E-state index < -0.39 is 5.82 Å². The molecule has 1 aromatic carbocycles. The number of nitrogens with one attached hydrogen (secondary N) is 1. The zero-order chi connectivity index (χ0) is 17.4. The van der Waals surface area contributed by atoms with Crippen LogP contribution in [0.4, 0.5) is 4.39 Å². The summed E-state index contributed by atoms with van der Waals surface area (Å²) in [5, 5.41) is 11.7. The molecule has 5 nitrogen and oxygen atoms in total. The molecule has 2 rings (SSSR count). The molecule has 0 saturated carbocycles. The quantitative estimate of drug-likeness (QED) is 0.766. The molecule has 1 heterocycles. The number of halogens is 1. The molecule has 1 unspecified atom stereocenters. The highest BCUT2D eigenvalue weighted by atomic mass is 19.1. The van der Waals surface area contributed by atoms with Gasteiger partial charge in [0.2, 0.25) is 5.91 Å². The molecule has 2 N–H and O–H groups in total. The first kappa shape index (κ1) is 17.6. The van der Waals surface area contributed by atoms with Gasteiger partial charge >= 0.3 is 0 Å². The number of nitrogens with zero attached hydrogens (tertiary/aromatic N) is 1. The topological polar surface area (TPSA) is 71.5 Å². The molecular formula is C18H19FN2O3. The third kappa shape index (κ3) is 5.17. The molecule has 0 fully saturated rings. The molecular weight excluding hydrogens is 311 g/mol. The Balaban J connectivity index is 2.01. The number of amides is 1. The fourth-order valence-corrected chi connectivity index (χ4v) is 1.94. The second-order valence-corrected chi connectivity index (χ2v) is 5.11. The molecule has 0 radical (unpaired) electrons. The van der Waals surface area contributed by atoms with Gasteiger partial charge in [0, 0.05) is 12.3 Å². The molecule has 126 valence electrons. The van der Waals surface area contributed by atoms with Gasteiger partial charge < -0.3 is 15.2 Å². The summed E-state index contributed by atoms with van der Waals surface area (Å²) in [6.07, 6.45) is 6.52. The number of aromatic nitrogens is 1. The molecule has 6 heteroatoms. The van der Waals surface area contributed by atoms with Gasteiger partial charge in [0.25, 0.3) is 0 Å². The van der Waals surface area contributed by atoms with Crippen LogP contribution in [0.25, 0.3) is 6.08 Å². The summed E-state index contributed by atoms with van der Waals surface area (Å²) in [7, 11) is 0. The van der Waals surface area contributed by atoms with Crippen LogP contribution >= 0.6 is 0 Å². The van der Waals surface area contributed by atoms with E-state index >= 15 is 0 Å². The third-order valence-corrected chi connectivity index (χ3v) is 3.30. The van der Waals surface area contributed by atoms with Crippen LogP contribution in [0.3, 0.4) is 0 Å². The minimum absolute atomic E-state index is 0.0796. The van der Waals surface area contributed by atoms with Crippen LogP contribution in [-0.2, 0) is 4.79 Å². The smallest absolute Gasteiger partial charge is 0.244 e. The van der Waals surface area contributed by atoms with Crippen LogP contribution in [0.5, 0.6) is 11.5 Å². The first-order chi connectivity index (χ1) is 11.6. The second-order valence-electron chi connectivity index (χ2n) is 5.11. The lowest BCUT2D eigenvalue weighted by atomic mass is 10.2. The van der Waals surface area contributed by atoms with E-state index in [0.29, 0.717) is 17.7 Å². The predicted octanol–water partition coefficient (Wildman–Crippen LogP) is 2.91. The monoisotopic (exact) mass is 330 g/mol. The summed E-state index contributed by atoms with van der Waals surface area (Å²) < 4.78 is 19.5. The third-order valence-electron chi connectivity index (χ3n) is 3.30. The molecule has 0 aliphatic heterocycles. The SMILES string of the molecule is CCC(CO)NC(=O)/C=C/c1ccc(Oc2cccnc2)c(F)c1. The summed E-state index contributed by atoms with van der Waals surface area (Å²) in [4.78, 5) is 15.6. The average Bonchev–Trinajstić information content (AvgIpc) is 2.61. The van der Waals surface area contributed by atoms with E-state index in [0.717, 1.165) is 0 Å². The van der Waals surface area contributed by atoms with E-state index in [-0.39, 0.29) is 24.3 Å². The Hall–Kier alpha value is -2.73. The molecule has 1 amide bonds. The van der Waals surface area contributed by atoms with Crippen LogP contribution in [0.15, 0.2) is 48.8 Å². The van der Waals surface area contributed by atoms with Crippen LogP contribution in [0, 0.1) is 5.82 Å². The van der Waals surface area contributed by atoms with Crippen molar-refractivity contribution in [2.75, 3.05) is 6.61 Å². The van der Waals surface area contributed by atoms with Gasteiger partial charge in [-0.3, -0.25) is 9.78 Å². The number of ether oxygens (including phenoxy) is 1. The van der Waals surface area contributed by atoms with Crippen LogP contribution in [0.2, 0.25) is 0 Å². The summed E-state index contributed by atoms with van der Waals surface area (Å²) in [5.74, 6) is -0.361. The molecule has 0 aliphatic rings. The maximum Gasteiger partial charge on any atom is 0.244 e. The zero-order valence-electron chi connectivity index (χ0n) is 13.3. The zero-order valence-corrected chi connectivity index (χ0v) is 13.3. The Kier molecular flexibility index (Phi) is 6.45. The maximum atomic E-state index is 14.1. The summed E-state index contributed by atoms with van der Waals surface area (Å²) in [6.45, 7) is 1.74. The van der Waals surface area contributed by atoms with E-state index in [1.54, 1.807) is 24.4 Å². The number of carbonyl (C=O) groups excluding carboxylic acids is 1. The largest absolute Gasteiger partial charge is 0.453 e. The standard InChI is InChI=1S/C18H19FN2O3/c1-2-14(12-22)21-18(23)8-6-13-5-7-17(16(19)10-13)24-15-4-3-9-20-11-15/h3-11,14,22H,2,12H2,1H3,(H,21,23)/b8-6+. The number of benzene rings is 1.